The van der Waals surface area contributed by atoms with Crippen LogP contribution in [0.2, 0.25) is 5.02 Å². The van der Waals surface area contributed by atoms with Gasteiger partial charge in [0.25, 0.3) is 5.69 Å². The van der Waals surface area contributed by atoms with Gasteiger partial charge in [-0.3, -0.25) is 14.9 Å². The molecule has 0 aliphatic carbocycles. The number of carbonyl (C=O) groups is 2. The summed E-state index contributed by atoms with van der Waals surface area (Å²) >= 11 is 5.81. The predicted molar refractivity (Wildman–Crippen MR) is 117 cm³/mol. The van der Waals surface area contributed by atoms with Crippen LogP contribution in [0, 0.1) is 10.1 Å². The van der Waals surface area contributed by atoms with E-state index in [2.05, 4.69) is 5.32 Å². The Morgan fingerprint density at radius 3 is 2.65 bits per heavy atom. The maximum atomic E-state index is 12.5. The average Bonchev–Trinajstić information content (AvgIpc) is 2.78. The first-order valence-electron chi connectivity index (χ1n) is 9.37. The summed E-state index contributed by atoms with van der Waals surface area (Å²) in [5.41, 5.74) is 1.70. The summed E-state index contributed by atoms with van der Waals surface area (Å²) in [5.74, 6) is -0.984. The number of nitrogens with one attached hydrogen (secondary N) is 1. The number of nitro groups is 1. The lowest BCUT2D eigenvalue weighted by Gasteiger charge is -2.30. The second-order valence-corrected chi connectivity index (χ2v) is 7.02. The average molecular weight is 446 g/mol. The van der Waals surface area contributed by atoms with Crippen molar-refractivity contribution in [3.05, 3.63) is 68.7 Å². The second-order valence-electron chi connectivity index (χ2n) is 6.61. The predicted octanol–water partition coefficient (Wildman–Crippen LogP) is 3.52. The number of morpholine rings is 1. The van der Waals surface area contributed by atoms with Crippen LogP contribution in [0.4, 0.5) is 17.1 Å². The van der Waals surface area contributed by atoms with Gasteiger partial charge in [0, 0.05) is 25.2 Å². The van der Waals surface area contributed by atoms with E-state index < -0.39 is 16.8 Å². The SMILES string of the molecule is COC(=O)c1ccc(N2CCOCC2)c(NC(=O)/C=C/c2ccc(Cl)c([N+](=O)[O-])c2)c1. The number of hydrogen-bond acceptors (Lipinski definition) is 7. The molecule has 0 unspecified atom stereocenters. The normalized spacial score (nSPS) is 13.8. The lowest BCUT2D eigenvalue weighted by molar-refractivity contribution is -0.384. The Labute approximate surface area is 183 Å². The van der Waals surface area contributed by atoms with Gasteiger partial charge in [-0.1, -0.05) is 17.7 Å². The minimum atomic E-state index is -0.591. The van der Waals surface area contributed by atoms with Crippen LogP contribution < -0.4 is 10.2 Å². The zero-order valence-electron chi connectivity index (χ0n) is 16.7. The zero-order chi connectivity index (χ0) is 22.4. The lowest BCUT2D eigenvalue weighted by atomic mass is 10.1. The third-order valence-electron chi connectivity index (χ3n) is 4.62. The Hall–Kier alpha value is -3.43. The van der Waals surface area contributed by atoms with Crippen molar-refractivity contribution in [2.24, 2.45) is 0 Å². The molecule has 1 saturated heterocycles. The van der Waals surface area contributed by atoms with E-state index in [0.717, 1.165) is 5.69 Å². The van der Waals surface area contributed by atoms with Gasteiger partial charge in [-0.2, -0.15) is 0 Å². The van der Waals surface area contributed by atoms with E-state index in [-0.39, 0.29) is 10.7 Å². The molecule has 0 saturated carbocycles. The largest absolute Gasteiger partial charge is 0.465 e. The smallest absolute Gasteiger partial charge is 0.337 e. The molecule has 0 bridgehead atoms. The summed E-state index contributed by atoms with van der Waals surface area (Å²) < 4.78 is 10.1. The molecule has 1 aliphatic rings. The molecule has 1 fully saturated rings. The van der Waals surface area contributed by atoms with Crippen LogP contribution in [0.15, 0.2) is 42.5 Å². The van der Waals surface area contributed by atoms with Gasteiger partial charge in [0.1, 0.15) is 5.02 Å². The number of ether oxygens (including phenoxy) is 2. The minimum absolute atomic E-state index is 0.0152. The van der Waals surface area contributed by atoms with E-state index in [1.807, 2.05) is 4.90 Å². The molecule has 0 spiro atoms. The number of nitro benzene ring substituents is 1. The molecule has 0 radical (unpaired) electrons. The van der Waals surface area contributed by atoms with Crippen molar-refractivity contribution < 1.29 is 24.0 Å². The van der Waals surface area contributed by atoms with Gasteiger partial charge in [-0.15, -0.1) is 0 Å². The van der Waals surface area contributed by atoms with Crippen LogP contribution in [0.3, 0.4) is 0 Å². The molecule has 162 valence electrons. The molecule has 31 heavy (non-hydrogen) atoms. The van der Waals surface area contributed by atoms with Crippen LogP contribution in [0.1, 0.15) is 15.9 Å². The van der Waals surface area contributed by atoms with E-state index in [4.69, 9.17) is 21.1 Å². The molecule has 2 aromatic carbocycles. The summed E-state index contributed by atoms with van der Waals surface area (Å²) in [5, 5.41) is 13.8. The molecule has 0 aromatic heterocycles. The maximum absolute atomic E-state index is 12.5. The molecule has 1 amide bonds. The summed E-state index contributed by atoms with van der Waals surface area (Å²) in [6, 6.07) is 9.18. The molecule has 0 atom stereocenters. The molecule has 10 heteroatoms. The molecule has 1 N–H and O–H groups in total. The van der Waals surface area contributed by atoms with Crippen LogP contribution in [0.5, 0.6) is 0 Å². The number of halogens is 1. The third kappa shape index (κ3) is 5.59. The Kier molecular flexibility index (Phi) is 7.22. The van der Waals surface area contributed by atoms with Gasteiger partial charge in [0.05, 0.1) is 42.2 Å². The first-order valence-corrected chi connectivity index (χ1v) is 9.75. The maximum Gasteiger partial charge on any atom is 0.337 e. The fraction of sp³-hybridized carbons (Fsp3) is 0.238. The highest BCUT2D eigenvalue weighted by molar-refractivity contribution is 6.32. The van der Waals surface area contributed by atoms with Gasteiger partial charge in [-0.25, -0.2) is 4.79 Å². The number of carbonyl (C=O) groups excluding carboxylic acids is 2. The van der Waals surface area contributed by atoms with E-state index >= 15 is 0 Å². The van der Waals surface area contributed by atoms with Gasteiger partial charge in [-0.05, 0) is 35.9 Å². The third-order valence-corrected chi connectivity index (χ3v) is 4.94. The number of anilines is 2. The number of amides is 1. The zero-order valence-corrected chi connectivity index (χ0v) is 17.4. The molecule has 9 nitrogen and oxygen atoms in total. The molecular weight excluding hydrogens is 426 g/mol. The van der Waals surface area contributed by atoms with Gasteiger partial charge < -0.3 is 19.7 Å². The first-order chi connectivity index (χ1) is 14.9. The fourth-order valence-corrected chi connectivity index (χ4v) is 3.27. The van der Waals surface area contributed by atoms with Gasteiger partial charge in [0.15, 0.2) is 0 Å². The summed E-state index contributed by atoms with van der Waals surface area (Å²) in [7, 11) is 1.28. The standard InChI is InChI=1S/C21H20ClN3O6/c1-30-21(27)15-4-6-18(24-8-10-31-11-9-24)17(13-15)23-20(26)7-3-14-2-5-16(22)19(12-14)25(28)29/h2-7,12-13H,8-11H2,1H3,(H,23,26)/b7-3+. The number of esters is 1. The summed E-state index contributed by atoms with van der Waals surface area (Å²) in [6.07, 6.45) is 2.69. The van der Waals surface area contributed by atoms with Crippen molar-refractivity contribution in [1.29, 1.82) is 0 Å². The van der Waals surface area contributed by atoms with Gasteiger partial charge in [0.2, 0.25) is 5.91 Å². The summed E-state index contributed by atoms with van der Waals surface area (Å²) in [4.78, 5) is 36.9. The highest BCUT2D eigenvalue weighted by Gasteiger charge is 2.18. The molecule has 1 heterocycles. The monoisotopic (exact) mass is 445 g/mol. The molecular formula is C21H20ClN3O6. The highest BCUT2D eigenvalue weighted by Crippen LogP contribution is 2.29. The summed E-state index contributed by atoms with van der Waals surface area (Å²) in [6.45, 7) is 2.40. The van der Waals surface area contributed by atoms with Crippen molar-refractivity contribution in [2.75, 3.05) is 43.6 Å². The Bertz CT molecular complexity index is 1030. The van der Waals surface area contributed by atoms with E-state index in [0.29, 0.717) is 43.1 Å². The number of methoxy groups -OCH3 is 1. The number of rotatable bonds is 6. The highest BCUT2D eigenvalue weighted by atomic mass is 35.5. The topological polar surface area (TPSA) is 111 Å². The van der Waals surface area contributed by atoms with Gasteiger partial charge >= 0.3 is 5.97 Å². The Morgan fingerprint density at radius 1 is 1.23 bits per heavy atom. The van der Waals surface area contributed by atoms with E-state index in [1.165, 1.54) is 31.4 Å². The number of hydrogen-bond donors (Lipinski definition) is 1. The molecule has 1 aliphatic heterocycles. The van der Waals surface area contributed by atoms with Crippen LogP contribution in [0.25, 0.3) is 6.08 Å². The van der Waals surface area contributed by atoms with E-state index in [9.17, 15) is 19.7 Å². The quantitative estimate of drug-likeness (QED) is 0.313. The number of nitrogens with zero attached hydrogens (tertiary/aromatic N) is 2. The lowest BCUT2D eigenvalue weighted by Crippen LogP contribution is -2.36. The van der Waals surface area contributed by atoms with Crippen molar-refractivity contribution in [3.8, 4) is 0 Å². The van der Waals surface area contributed by atoms with E-state index in [1.54, 1.807) is 24.3 Å². The molecule has 3 rings (SSSR count). The Morgan fingerprint density at radius 2 is 1.97 bits per heavy atom. The van der Waals surface area contributed by atoms with Crippen molar-refractivity contribution in [1.82, 2.24) is 0 Å². The second kappa shape index (κ2) is 10.1. The van der Waals surface area contributed by atoms with Crippen molar-refractivity contribution in [2.45, 2.75) is 0 Å². The Balaban J connectivity index is 1.83. The van der Waals surface area contributed by atoms with Crippen molar-refractivity contribution in [3.63, 3.8) is 0 Å². The number of benzene rings is 2. The van der Waals surface area contributed by atoms with Crippen LogP contribution in [-0.2, 0) is 14.3 Å². The van der Waals surface area contributed by atoms with Crippen LogP contribution in [-0.4, -0.2) is 50.2 Å². The first kappa shape index (κ1) is 22.3. The molecule has 2 aromatic rings. The van der Waals surface area contributed by atoms with Crippen molar-refractivity contribution >= 4 is 46.6 Å². The fourth-order valence-electron chi connectivity index (χ4n) is 3.08. The van der Waals surface area contributed by atoms with Crippen LogP contribution >= 0.6 is 11.6 Å². The minimum Gasteiger partial charge on any atom is -0.465 e.